The van der Waals surface area contributed by atoms with Gasteiger partial charge in [-0.15, -0.1) is 0 Å². The number of urea groups is 1. The van der Waals surface area contributed by atoms with Crippen molar-refractivity contribution >= 4 is 6.03 Å². The highest BCUT2D eigenvalue weighted by molar-refractivity contribution is 5.74. The number of hydrogen-bond donors (Lipinski definition) is 1. The predicted octanol–water partition coefficient (Wildman–Crippen LogP) is 1.77. The van der Waals surface area contributed by atoms with Crippen LogP contribution < -0.4 is 5.32 Å². The molecule has 100 valence electrons. The van der Waals surface area contributed by atoms with Crippen molar-refractivity contribution < 1.29 is 4.79 Å². The van der Waals surface area contributed by atoms with E-state index in [1.54, 1.807) is 0 Å². The fourth-order valence-electron chi connectivity index (χ4n) is 2.38. The first-order chi connectivity index (χ1) is 8.19. The Morgan fingerprint density at radius 3 is 2.35 bits per heavy atom. The summed E-state index contributed by atoms with van der Waals surface area (Å²) in [5.74, 6) is 0.795. The highest BCUT2D eigenvalue weighted by Gasteiger charge is 2.17. The van der Waals surface area contributed by atoms with Crippen LogP contribution in [-0.4, -0.2) is 55.6 Å². The molecule has 4 heteroatoms. The first-order valence-corrected chi connectivity index (χ1v) is 6.89. The third kappa shape index (κ3) is 4.54. The van der Waals surface area contributed by atoms with E-state index in [-0.39, 0.29) is 6.03 Å². The maximum Gasteiger partial charge on any atom is 0.319 e. The van der Waals surface area contributed by atoms with Crippen LogP contribution in [0.5, 0.6) is 0 Å². The van der Waals surface area contributed by atoms with E-state index in [1.807, 2.05) is 30.7 Å². The van der Waals surface area contributed by atoms with Crippen LogP contribution >= 0.6 is 0 Å². The zero-order valence-electron chi connectivity index (χ0n) is 11.5. The van der Waals surface area contributed by atoms with Crippen LogP contribution in [0.2, 0.25) is 0 Å². The SMILES string of the molecule is CCN(CC)C(=O)N(C)CCC1CCNCC1. The molecule has 0 aromatic rings. The molecule has 1 N–H and O–H groups in total. The van der Waals surface area contributed by atoms with Gasteiger partial charge < -0.3 is 15.1 Å². The largest absolute Gasteiger partial charge is 0.328 e. The molecule has 17 heavy (non-hydrogen) atoms. The van der Waals surface area contributed by atoms with Crippen molar-refractivity contribution in [3.63, 3.8) is 0 Å². The average molecular weight is 241 g/mol. The summed E-state index contributed by atoms with van der Waals surface area (Å²) in [6.07, 6.45) is 3.66. The van der Waals surface area contributed by atoms with Gasteiger partial charge in [0.25, 0.3) is 0 Å². The van der Waals surface area contributed by atoms with Gasteiger partial charge in [-0.3, -0.25) is 0 Å². The van der Waals surface area contributed by atoms with E-state index in [9.17, 15) is 4.79 Å². The van der Waals surface area contributed by atoms with Gasteiger partial charge in [0.05, 0.1) is 0 Å². The van der Waals surface area contributed by atoms with Crippen molar-refractivity contribution in [1.29, 1.82) is 0 Å². The Labute approximate surface area is 105 Å². The third-order valence-corrected chi connectivity index (χ3v) is 3.69. The van der Waals surface area contributed by atoms with Crippen LogP contribution in [0.3, 0.4) is 0 Å². The number of piperidine rings is 1. The Kier molecular flexibility index (Phi) is 6.34. The van der Waals surface area contributed by atoms with Crippen LogP contribution in [0.4, 0.5) is 4.79 Å². The fraction of sp³-hybridized carbons (Fsp3) is 0.923. The lowest BCUT2D eigenvalue weighted by Gasteiger charge is -2.28. The molecular formula is C13H27N3O. The smallest absolute Gasteiger partial charge is 0.319 e. The fourth-order valence-corrected chi connectivity index (χ4v) is 2.38. The van der Waals surface area contributed by atoms with Gasteiger partial charge in [0.15, 0.2) is 0 Å². The zero-order chi connectivity index (χ0) is 12.7. The van der Waals surface area contributed by atoms with Gasteiger partial charge in [0.1, 0.15) is 0 Å². The van der Waals surface area contributed by atoms with Crippen LogP contribution in [0.15, 0.2) is 0 Å². The Morgan fingerprint density at radius 2 is 1.82 bits per heavy atom. The van der Waals surface area contributed by atoms with E-state index in [1.165, 1.54) is 12.8 Å². The Hall–Kier alpha value is -0.770. The normalized spacial score (nSPS) is 16.9. The summed E-state index contributed by atoms with van der Waals surface area (Å²) < 4.78 is 0. The first-order valence-electron chi connectivity index (χ1n) is 6.89. The Bertz CT molecular complexity index is 223. The van der Waals surface area contributed by atoms with Crippen molar-refractivity contribution in [2.75, 3.05) is 39.8 Å². The summed E-state index contributed by atoms with van der Waals surface area (Å²) in [6.45, 7) is 8.82. The second kappa shape index (κ2) is 7.54. The van der Waals surface area contributed by atoms with E-state index in [0.29, 0.717) is 0 Å². The molecule has 0 spiro atoms. The lowest BCUT2D eigenvalue weighted by molar-refractivity contribution is 0.163. The summed E-state index contributed by atoms with van der Waals surface area (Å²) in [4.78, 5) is 15.8. The highest BCUT2D eigenvalue weighted by atomic mass is 16.2. The van der Waals surface area contributed by atoms with E-state index in [2.05, 4.69) is 5.32 Å². The molecule has 0 unspecified atom stereocenters. The lowest BCUT2D eigenvalue weighted by Crippen LogP contribution is -2.42. The highest BCUT2D eigenvalue weighted by Crippen LogP contribution is 2.16. The summed E-state index contributed by atoms with van der Waals surface area (Å²) in [6, 6.07) is 0.170. The number of carbonyl (C=O) groups excluding carboxylic acids is 1. The predicted molar refractivity (Wildman–Crippen MR) is 71.2 cm³/mol. The van der Waals surface area contributed by atoms with Crippen LogP contribution in [-0.2, 0) is 0 Å². The average Bonchev–Trinajstić information content (AvgIpc) is 2.38. The lowest BCUT2D eigenvalue weighted by atomic mass is 9.94. The molecule has 0 aliphatic carbocycles. The monoisotopic (exact) mass is 241 g/mol. The maximum absolute atomic E-state index is 12.0. The molecule has 0 bridgehead atoms. The van der Waals surface area contributed by atoms with Crippen LogP contribution in [0, 0.1) is 5.92 Å². The minimum Gasteiger partial charge on any atom is -0.328 e. The molecule has 0 aromatic heterocycles. The van der Waals surface area contributed by atoms with Crippen LogP contribution in [0.25, 0.3) is 0 Å². The molecule has 2 amide bonds. The quantitative estimate of drug-likeness (QED) is 0.796. The van der Waals surface area contributed by atoms with Gasteiger partial charge >= 0.3 is 6.03 Å². The third-order valence-electron chi connectivity index (χ3n) is 3.69. The molecule has 1 saturated heterocycles. The maximum atomic E-state index is 12.0. The van der Waals surface area contributed by atoms with E-state index in [0.717, 1.165) is 45.1 Å². The number of rotatable bonds is 5. The number of nitrogens with one attached hydrogen (secondary N) is 1. The minimum absolute atomic E-state index is 0.170. The zero-order valence-corrected chi connectivity index (χ0v) is 11.5. The van der Waals surface area contributed by atoms with E-state index < -0.39 is 0 Å². The molecule has 1 heterocycles. The number of nitrogens with zero attached hydrogens (tertiary/aromatic N) is 2. The van der Waals surface area contributed by atoms with Crippen LogP contribution in [0.1, 0.15) is 33.1 Å². The second-order valence-corrected chi connectivity index (χ2v) is 4.86. The van der Waals surface area contributed by atoms with Crippen molar-refractivity contribution in [1.82, 2.24) is 15.1 Å². The number of carbonyl (C=O) groups is 1. The molecule has 0 aromatic carbocycles. The molecule has 0 saturated carbocycles. The summed E-state index contributed by atoms with van der Waals surface area (Å²) in [5, 5.41) is 3.37. The molecule has 1 aliphatic heterocycles. The first kappa shape index (κ1) is 14.3. The molecule has 4 nitrogen and oxygen atoms in total. The standard InChI is InChI=1S/C13H27N3O/c1-4-16(5-2)13(17)15(3)11-8-12-6-9-14-10-7-12/h12,14H,4-11H2,1-3H3. The Balaban J connectivity index is 2.27. The van der Waals surface area contributed by atoms with Gasteiger partial charge in [0.2, 0.25) is 0 Å². The Morgan fingerprint density at radius 1 is 1.24 bits per heavy atom. The van der Waals surface area contributed by atoms with Gasteiger partial charge in [-0.05, 0) is 52.1 Å². The van der Waals surface area contributed by atoms with Crippen molar-refractivity contribution in [3.05, 3.63) is 0 Å². The molecular weight excluding hydrogens is 214 g/mol. The molecule has 0 atom stereocenters. The number of amides is 2. The molecule has 1 aliphatic rings. The van der Waals surface area contributed by atoms with E-state index in [4.69, 9.17) is 0 Å². The van der Waals surface area contributed by atoms with Crippen molar-refractivity contribution in [2.24, 2.45) is 5.92 Å². The van der Waals surface area contributed by atoms with Gasteiger partial charge in [-0.1, -0.05) is 0 Å². The molecule has 0 radical (unpaired) electrons. The van der Waals surface area contributed by atoms with Gasteiger partial charge in [0, 0.05) is 26.7 Å². The summed E-state index contributed by atoms with van der Waals surface area (Å²) >= 11 is 0. The summed E-state index contributed by atoms with van der Waals surface area (Å²) in [7, 11) is 1.92. The summed E-state index contributed by atoms with van der Waals surface area (Å²) in [5.41, 5.74) is 0. The number of hydrogen-bond acceptors (Lipinski definition) is 2. The second-order valence-electron chi connectivity index (χ2n) is 4.86. The van der Waals surface area contributed by atoms with Gasteiger partial charge in [-0.25, -0.2) is 4.79 Å². The van der Waals surface area contributed by atoms with Crippen molar-refractivity contribution in [3.8, 4) is 0 Å². The van der Waals surface area contributed by atoms with Gasteiger partial charge in [-0.2, -0.15) is 0 Å². The minimum atomic E-state index is 0.170. The topological polar surface area (TPSA) is 35.6 Å². The molecule has 1 fully saturated rings. The molecule has 1 rings (SSSR count). The van der Waals surface area contributed by atoms with Crippen molar-refractivity contribution in [2.45, 2.75) is 33.1 Å². The van der Waals surface area contributed by atoms with E-state index >= 15 is 0 Å².